The molecule has 0 saturated carbocycles. The number of amides is 1. The molecule has 0 fully saturated rings. The summed E-state index contributed by atoms with van der Waals surface area (Å²) in [5, 5.41) is 8.12. The fourth-order valence-electron chi connectivity index (χ4n) is 3.16. The van der Waals surface area contributed by atoms with Crippen LogP contribution < -0.4 is 5.32 Å². The lowest BCUT2D eigenvalue weighted by Gasteiger charge is -2.26. The third-order valence-electron chi connectivity index (χ3n) is 4.64. The maximum atomic E-state index is 13.5. The highest BCUT2D eigenvalue weighted by molar-refractivity contribution is 6.06. The van der Waals surface area contributed by atoms with E-state index in [1.165, 1.54) is 12.1 Å². The number of aromatic nitrogens is 3. The predicted octanol–water partition coefficient (Wildman–Crippen LogP) is 3.43. The van der Waals surface area contributed by atoms with Gasteiger partial charge in [-0.15, -0.1) is 0 Å². The van der Waals surface area contributed by atoms with E-state index in [0.29, 0.717) is 17.8 Å². The summed E-state index contributed by atoms with van der Waals surface area (Å²) in [5.41, 5.74) is 3.22. The number of hydrogen-bond donors (Lipinski definition) is 1. The van der Waals surface area contributed by atoms with Gasteiger partial charge in [0.25, 0.3) is 5.91 Å². The molecule has 0 spiro atoms. The molecule has 0 aliphatic carbocycles. The zero-order valence-electron chi connectivity index (χ0n) is 15.7. The number of carbonyl (C=O) groups is 1. The van der Waals surface area contributed by atoms with Gasteiger partial charge in [-0.1, -0.05) is 26.0 Å². The Morgan fingerprint density at radius 1 is 1.27 bits per heavy atom. The first-order valence-corrected chi connectivity index (χ1v) is 8.54. The number of nitrogens with zero attached hydrogens (tertiary/aromatic N) is 3. The molecule has 5 nitrogen and oxygen atoms in total. The van der Waals surface area contributed by atoms with E-state index in [2.05, 4.69) is 15.4 Å². The SMILES string of the molecule is Cc1cc(C(=O)NCC(C)(C)c2cccc(F)c2)c2c(C)nn(C)c2n1. The van der Waals surface area contributed by atoms with Crippen LogP contribution in [0.15, 0.2) is 30.3 Å². The van der Waals surface area contributed by atoms with Gasteiger partial charge in [0.2, 0.25) is 0 Å². The zero-order chi connectivity index (χ0) is 19.1. The molecule has 2 aromatic heterocycles. The first-order chi connectivity index (χ1) is 12.2. The molecule has 0 atom stereocenters. The van der Waals surface area contributed by atoms with Crippen LogP contribution in [0.2, 0.25) is 0 Å². The number of pyridine rings is 1. The average Bonchev–Trinajstić information content (AvgIpc) is 2.86. The van der Waals surface area contributed by atoms with Crippen molar-refractivity contribution in [2.45, 2.75) is 33.1 Å². The third-order valence-corrected chi connectivity index (χ3v) is 4.64. The summed E-state index contributed by atoms with van der Waals surface area (Å²) in [7, 11) is 1.82. The van der Waals surface area contributed by atoms with Crippen molar-refractivity contribution in [2.75, 3.05) is 6.54 Å². The fourth-order valence-corrected chi connectivity index (χ4v) is 3.16. The van der Waals surface area contributed by atoms with Crippen LogP contribution in [-0.2, 0) is 12.5 Å². The Bertz CT molecular complexity index is 991. The molecule has 0 aliphatic heterocycles. The van der Waals surface area contributed by atoms with E-state index < -0.39 is 5.41 Å². The van der Waals surface area contributed by atoms with Crippen LogP contribution in [-0.4, -0.2) is 27.2 Å². The molecule has 0 radical (unpaired) electrons. The number of halogens is 1. The molecule has 0 saturated heterocycles. The van der Waals surface area contributed by atoms with Crippen LogP contribution in [0.1, 0.15) is 41.2 Å². The van der Waals surface area contributed by atoms with Crippen molar-refractivity contribution in [1.82, 2.24) is 20.1 Å². The van der Waals surface area contributed by atoms with E-state index in [0.717, 1.165) is 22.3 Å². The Morgan fingerprint density at radius 3 is 2.69 bits per heavy atom. The number of rotatable bonds is 4. The second kappa shape index (κ2) is 6.52. The summed E-state index contributed by atoms with van der Waals surface area (Å²) < 4.78 is 15.2. The Hall–Kier alpha value is -2.76. The largest absolute Gasteiger partial charge is 0.351 e. The van der Waals surface area contributed by atoms with Crippen LogP contribution in [0.3, 0.4) is 0 Å². The van der Waals surface area contributed by atoms with Gasteiger partial charge in [0.05, 0.1) is 16.6 Å². The molecule has 6 heteroatoms. The number of benzene rings is 1. The first kappa shape index (κ1) is 18.0. The first-order valence-electron chi connectivity index (χ1n) is 8.54. The lowest BCUT2D eigenvalue weighted by Crippen LogP contribution is -2.36. The monoisotopic (exact) mass is 354 g/mol. The van der Waals surface area contributed by atoms with Gasteiger partial charge in [-0.2, -0.15) is 5.10 Å². The van der Waals surface area contributed by atoms with Crippen molar-refractivity contribution in [3.63, 3.8) is 0 Å². The van der Waals surface area contributed by atoms with E-state index in [1.54, 1.807) is 16.8 Å². The Kier molecular flexibility index (Phi) is 4.52. The van der Waals surface area contributed by atoms with E-state index in [1.807, 2.05) is 40.8 Å². The molecule has 0 aliphatic rings. The molecule has 3 rings (SSSR count). The van der Waals surface area contributed by atoms with Gasteiger partial charge in [-0.25, -0.2) is 9.37 Å². The van der Waals surface area contributed by atoms with Gasteiger partial charge in [0, 0.05) is 24.7 Å². The quantitative estimate of drug-likeness (QED) is 0.781. The molecular weight excluding hydrogens is 331 g/mol. The molecule has 136 valence electrons. The summed E-state index contributed by atoms with van der Waals surface area (Å²) in [4.78, 5) is 17.4. The predicted molar refractivity (Wildman–Crippen MR) is 99.7 cm³/mol. The van der Waals surface area contributed by atoms with Crippen molar-refractivity contribution in [3.8, 4) is 0 Å². The highest BCUT2D eigenvalue weighted by Crippen LogP contribution is 2.24. The molecular formula is C20H23FN4O. The van der Waals surface area contributed by atoms with Crippen molar-refractivity contribution < 1.29 is 9.18 Å². The van der Waals surface area contributed by atoms with E-state index >= 15 is 0 Å². The van der Waals surface area contributed by atoms with Gasteiger partial charge >= 0.3 is 0 Å². The molecule has 0 unspecified atom stereocenters. The third kappa shape index (κ3) is 3.31. The summed E-state index contributed by atoms with van der Waals surface area (Å²) in [6, 6.07) is 8.26. The van der Waals surface area contributed by atoms with E-state index in [4.69, 9.17) is 0 Å². The average molecular weight is 354 g/mol. The van der Waals surface area contributed by atoms with Crippen LogP contribution in [0.5, 0.6) is 0 Å². The Labute approximate surface area is 152 Å². The second-order valence-corrected chi connectivity index (χ2v) is 7.30. The molecule has 26 heavy (non-hydrogen) atoms. The lowest BCUT2D eigenvalue weighted by molar-refractivity contribution is 0.0947. The molecule has 1 N–H and O–H groups in total. The number of carbonyl (C=O) groups excluding carboxylic acids is 1. The summed E-state index contributed by atoms with van der Waals surface area (Å²) in [5.74, 6) is -0.458. The van der Waals surface area contributed by atoms with Crippen molar-refractivity contribution in [1.29, 1.82) is 0 Å². The van der Waals surface area contributed by atoms with Crippen molar-refractivity contribution >= 4 is 16.9 Å². The van der Waals surface area contributed by atoms with Crippen LogP contribution in [0.25, 0.3) is 11.0 Å². The maximum Gasteiger partial charge on any atom is 0.252 e. The van der Waals surface area contributed by atoms with Gasteiger partial charge in [-0.05, 0) is 37.6 Å². The Balaban J connectivity index is 1.88. The minimum absolute atomic E-state index is 0.180. The lowest BCUT2D eigenvalue weighted by atomic mass is 9.84. The number of fused-ring (bicyclic) bond motifs is 1. The van der Waals surface area contributed by atoms with Gasteiger partial charge < -0.3 is 5.32 Å². The highest BCUT2D eigenvalue weighted by atomic mass is 19.1. The zero-order valence-corrected chi connectivity index (χ0v) is 15.7. The Morgan fingerprint density at radius 2 is 2.00 bits per heavy atom. The van der Waals surface area contributed by atoms with Gasteiger partial charge in [-0.3, -0.25) is 9.48 Å². The fraction of sp³-hybridized carbons (Fsp3) is 0.350. The summed E-state index contributed by atoms with van der Waals surface area (Å²) >= 11 is 0. The van der Waals surface area contributed by atoms with Crippen molar-refractivity contribution in [3.05, 3.63) is 58.7 Å². The van der Waals surface area contributed by atoms with Crippen LogP contribution >= 0.6 is 0 Å². The number of aryl methyl sites for hydroxylation is 3. The second-order valence-electron chi connectivity index (χ2n) is 7.30. The summed E-state index contributed by atoms with van der Waals surface area (Å²) in [6.45, 7) is 8.06. The minimum Gasteiger partial charge on any atom is -0.351 e. The van der Waals surface area contributed by atoms with Crippen LogP contribution in [0, 0.1) is 19.7 Å². The molecule has 1 aromatic carbocycles. The number of hydrogen-bond acceptors (Lipinski definition) is 3. The standard InChI is InChI=1S/C20H23FN4O/c1-12-9-16(17-13(2)24-25(5)18(17)23-12)19(26)22-11-20(3,4)14-7-6-8-15(21)10-14/h6-10H,11H2,1-5H3,(H,22,26). The smallest absolute Gasteiger partial charge is 0.252 e. The highest BCUT2D eigenvalue weighted by Gasteiger charge is 2.24. The van der Waals surface area contributed by atoms with Crippen molar-refractivity contribution in [2.24, 2.45) is 7.05 Å². The van der Waals surface area contributed by atoms with E-state index in [-0.39, 0.29) is 11.7 Å². The number of nitrogens with one attached hydrogen (secondary N) is 1. The van der Waals surface area contributed by atoms with E-state index in [9.17, 15) is 9.18 Å². The van der Waals surface area contributed by atoms with Crippen LogP contribution in [0.4, 0.5) is 4.39 Å². The van der Waals surface area contributed by atoms with Gasteiger partial charge in [0.15, 0.2) is 5.65 Å². The summed E-state index contributed by atoms with van der Waals surface area (Å²) in [6.07, 6.45) is 0. The topological polar surface area (TPSA) is 59.8 Å². The minimum atomic E-state index is -0.400. The molecule has 2 heterocycles. The molecule has 3 aromatic rings. The molecule has 0 bridgehead atoms. The molecule has 1 amide bonds. The van der Waals surface area contributed by atoms with Gasteiger partial charge in [0.1, 0.15) is 5.82 Å². The maximum absolute atomic E-state index is 13.5. The normalized spacial score (nSPS) is 11.8.